The molecule has 0 atom stereocenters. The van der Waals surface area contributed by atoms with Crippen LogP contribution in [0.3, 0.4) is 0 Å². The summed E-state index contributed by atoms with van der Waals surface area (Å²) in [5.74, 6) is 2.58. The summed E-state index contributed by atoms with van der Waals surface area (Å²) < 4.78 is 0. The number of aryl methyl sites for hydroxylation is 2. The SMILES string of the molecule is CC(=O)NC1(CC(=O)N2CCC(c3cc(Nc4cc(C)[nH]n4)nc(C)n3)CC2)CCCCC1. The van der Waals surface area contributed by atoms with Crippen molar-refractivity contribution < 1.29 is 9.59 Å². The Bertz CT molecular complexity index is 988. The Labute approximate surface area is 195 Å². The van der Waals surface area contributed by atoms with E-state index in [4.69, 9.17) is 0 Å². The van der Waals surface area contributed by atoms with E-state index in [0.29, 0.717) is 19.5 Å². The summed E-state index contributed by atoms with van der Waals surface area (Å²) in [4.78, 5) is 36.1. The molecule has 0 radical (unpaired) electrons. The van der Waals surface area contributed by atoms with E-state index in [1.165, 1.54) is 6.42 Å². The van der Waals surface area contributed by atoms with Crippen molar-refractivity contribution in [3.8, 4) is 0 Å². The number of anilines is 2. The Morgan fingerprint density at radius 1 is 1.09 bits per heavy atom. The lowest BCUT2D eigenvalue weighted by Crippen LogP contribution is -2.52. The number of nitrogens with one attached hydrogen (secondary N) is 3. The van der Waals surface area contributed by atoms with Crippen LogP contribution >= 0.6 is 0 Å². The van der Waals surface area contributed by atoms with E-state index in [1.54, 1.807) is 6.92 Å². The zero-order chi connectivity index (χ0) is 23.4. The van der Waals surface area contributed by atoms with Crippen LogP contribution in [0.5, 0.6) is 0 Å². The number of amides is 2. The van der Waals surface area contributed by atoms with Gasteiger partial charge in [0.25, 0.3) is 0 Å². The van der Waals surface area contributed by atoms with E-state index in [0.717, 1.165) is 67.4 Å². The van der Waals surface area contributed by atoms with Crippen LogP contribution in [0.25, 0.3) is 0 Å². The first-order chi connectivity index (χ1) is 15.8. The Kier molecular flexibility index (Phi) is 6.95. The Balaban J connectivity index is 1.37. The van der Waals surface area contributed by atoms with E-state index < -0.39 is 0 Å². The van der Waals surface area contributed by atoms with Crippen LogP contribution in [0.15, 0.2) is 12.1 Å². The molecule has 2 fully saturated rings. The van der Waals surface area contributed by atoms with Crippen LogP contribution < -0.4 is 10.6 Å². The molecule has 2 aromatic heterocycles. The third-order valence-corrected chi connectivity index (χ3v) is 6.83. The Morgan fingerprint density at radius 2 is 1.82 bits per heavy atom. The lowest BCUT2D eigenvalue weighted by molar-refractivity contribution is -0.135. The normalized spacial score (nSPS) is 18.7. The van der Waals surface area contributed by atoms with Crippen molar-refractivity contribution in [2.75, 3.05) is 18.4 Å². The van der Waals surface area contributed by atoms with Crippen LogP contribution in [0.1, 0.15) is 81.4 Å². The van der Waals surface area contributed by atoms with Crippen LogP contribution in [-0.2, 0) is 9.59 Å². The molecule has 3 heterocycles. The number of rotatable bonds is 6. The molecule has 4 rings (SSSR count). The quantitative estimate of drug-likeness (QED) is 0.617. The molecule has 1 aliphatic heterocycles. The molecule has 2 amide bonds. The highest BCUT2D eigenvalue weighted by Crippen LogP contribution is 2.33. The summed E-state index contributed by atoms with van der Waals surface area (Å²) in [7, 11) is 0. The van der Waals surface area contributed by atoms with Gasteiger partial charge in [0.05, 0.1) is 0 Å². The smallest absolute Gasteiger partial charge is 0.224 e. The fourth-order valence-corrected chi connectivity index (χ4v) is 5.25. The summed E-state index contributed by atoms with van der Waals surface area (Å²) in [6, 6.07) is 3.92. The highest BCUT2D eigenvalue weighted by Gasteiger charge is 2.37. The van der Waals surface area contributed by atoms with Crippen molar-refractivity contribution in [2.24, 2.45) is 0 Å². The summed E-state index contributed by atoms with van der Waals surface area (Å²) in [5.41, 5.74) is 1.62. The molecule has 2 aliphatic rings. The minimum absolute atomic E-state index is 0.0445. The molecule has 1 aliphatic carbocycles. The molecule has 1 saturated heterocycles. The number of likely N-dealkylation sites (tertiary alicyclic amines) is 1. The third kappa shape index (κ3) is 5.89. The zero-order valence-electron chi connectivity index (χ0n) is 19.9. The Morgan fingerprint density at radius 3 is 2.45 bits per heavy atom. The molecular formula is C24H35N7O2. The number of aromatic amines is 1. The average Bonchev–Trinajstić information content (AvgIpc) is 3.18. The summed E-state index contributed by atoms with van der Waals surface area (Å²) >= 11 is 0. The van der Waals surface area contributed by atoms with Crippen molar-refractivity contribution in [3.05, 3.63) is 29.3 Å². The first-order valence-electron chi connectivity index (χ1n) is 12.0. The molecule has 33 heavy (non-hydrogen) atoms. The summed E-state index contributed by atoms with van der Waals surface area (Å²) in [6.45, 7) is 6.82. The molecule has 178 valence electrons. The fraction of sp³-hybridized carbons (Fsp3) is 0.625. The Hall–Kier alpha value is -2.97. The maximum atomic E-state index is 13.1. The first kappa shape index (κ1) is 23.2. The van der Waals surface area contributed by atoms with Crippen LogP contribution in [-0.4, -0.2) is 55.5 Å². The van der Waals surface area contributed by atoms with Gasteiger partial charge in [0.2, 0.25) is 11.8 Å². The van der Waals surface area contributed by atoms with Gasteiger partial charge in [0, 0.05) is 61.4 Å². The van der Waals surface area contributed by atoms with Gasteiger partial charge in [0.15, 0.2) is 5.82 Å². The van der Waals surface area contributed by atoms with E-state index in [-0.39, 0.29) is 23.3 Å². The van der Waals surface area contributed by atoms with Gasteiger partial charge in [-0.2, -0.15) is 5.10 Å². The molecule has 0 bridgehead atoms. The van der Waals surface area contributed by atoms with Gasteiger partial charge in [-0.1, -0.05) is 19.3 Å². The molecule has 0 aromatic carbocycles. The number of piperidine rings is 1. The van der Waals surface area contributed by atoms with Gasteiger partial charge < -0.3 is 15.5 Å². The molecule has 0 unspecified atom stereocenters. The van der Waals surface area contributed by atoms with Crippen LogP contribution in [0, 0.1) is 13.8 Å². The largest absolute Gasteiger partial charge is 0.350 e. The molecule has 9 nitrogen and oxygen atoms in total. The van der Waals surface area contributed by atoms with Crippen LogP contribution in [0.2, 0.25) is 0 Å². The lowest BCUT2D eigenvalue weighted by atomic mass is 9.78. The second-order valence-electron chi connectivity index (χ2n) is 9.64. The molecule has 0 spiro atoms. The van der Waals surface area contributed by atoms with E-state index >= 15 is 0 Å². The minimum Gasteiger partial charge on any atom is -0.350 e. The van der Waals surface area contributed by atoms with E-state index in [2.05, 4.69) is 30.8 Å². The maximum absolute atomic E-state index is 13.1. The monoisotopic (exact) mass is 453 g/mol. The van der Waals surface area contributed by atoms with Crippen LogP contribution in [0.4, 0.5) is 11.6 Å². The van der Waals surface area contributed by atoms with Crippen molar-refractivity contribution in [1.29, 1.82) is 0 Å². The third-order valence-electron chi connectivity index (χ3n) is 6.83. The van der Waals surface area contributed by atoms with Gasteiger partial charge in [-0.3, -0.25) is 14.7 Å². The predicted molar refractivity (Wildman–Crippen MR) is 126 cm³/mol. The molecule has 3 N–H and O–H groups in total. The topological polar surface area (TPSA) is 116 Å². The number of nitrogens with zero attached hydrogens (tertiary/aromatic N) is 4. The molecular weight excluding hydrogens is 418 g/mol. The number of hydrogen-bond acceptors (Lipinski definition) is 6. The second-order valence-corrected chi connectivity index (χ2v) is 9.64. The van der Waals surface area contributed by atoms with Gasteiger partial charge in [-0.25, -0.2) is 9.97 Å². The summed E-state index contributed by atoms with van der Waals surface area (Å²) in [5, 5.41) is 13.5. The molecule has 1 saturated carbocycles. The predicted octanol–water partition coefficient (Wildman–Crippen LogP) is 3.50. The second kappa shape index (κ2) is 9.89. The summed E-state index contributed by atoms with van der Waals surface area (Å²) in [6.07, 6.45) is 7.23. The van der Waals surface area contributed by atoms with E-state index in [1.807, 2.05) is 30.9 Å². The minimum atomic E-state index is -0.368. The number of carbonyl (C=O) groups excluding carboxylic acids is 2. The van der Waals surface area contributed by atoms with Crippen molar-refractivity contribution in [1.82, 2.24) is 30.4 Å². The van der Waals surface area contributed by atoms with Crippen molar-refractivity contribution in [2.45, 2.75) is 83.6 Å². The van der Waals surface area contributed by atoms with Gasteiger partial charge in [-0.15, -0.1) is 0 Å². The van der Waals surface area contributed by atoms with Crippen molar-refractivity contribution >= 4 is 23.5 Å². The van der Waals surface area contributed by atoms with Gasteiger partial charge >= 0.3 is 0 Å². The number of aromatic nitrogens is 4. The first-order valence-corrected chi connectivity index (χ1v) is 12.0. The molecule has 2 aromatic rings. The number of H-pyrrole nitrogens is 1. The van der Waals surface area contributed by atoms with Crippen molar-refractivity contribution in [3.63, 3.8) is 0 Å². The number of carbonyl (C=O) groups is 2. The lowest BCUT2D eigenvalue weighted by Gasteiger charge is -2.40. The standard InChI is InChI=1S/C24H35N7O2/c1-16-13-22(30-29-16)27-21-14-20(25-17(2)26-21)19-7-11-31(12-8-19)23(33)15-24(28-18(3)32)9-5-4-6-10-24/h13-14,19H,4-12,15H2,1-3H3,(H,28,32)(H2,25,26,27,29,30). The van der Waals surface area contributed by atoms with Gasteiger partial charge in [0.1, 0.15) is 11.6 Å². The fourth-order valence-electron chi connectivity index (χ4n) is 5.25. The highest BCUT2D eigenvalue weighted by molar-refractivity contribution is 5.80. The van der Waals surface area contributed by atoms with Gasteiger partial charge in [-0.05, 0) is 39.5 Å². The molecule has 9 heteroatoms. The van der Waals surface area contributed by atoms with E-state index in [9.17, 15) is 9.59 Å². The number of hydrogen-bond donors (Lipinski definition) is 3. The maximum Gasteiger partial charge on any atom is 0.224 e. The zero-order valence-corrected chi connectivity index (χ0v) is 19.9. The highest BCUT2D eigenvalue weighted by atomic mass is 16.2. The average molecular weight is 454 g/mol.